The fraction of sp³-hybridized carbons (Fsp3) is 0.833. The molecule has 3 fully saturated rings. The van der Waals surface area contributed by atoms with Crippen LogP contribution in [0.3, 0.4) is 0 Å². The minimum Gasteiger partial charge on any atom is -0.394 e. The fourth-order valence-corrected chi connectivity index (χ4v) is 6.40. The maximum atomic E-state index is 14.1. The summed E-state index contributed by atoms with van der Waals surface area (Å²) in [6, 6.07) is -3.34. The smallest absolute Gasteiger partial charge is 0.315 e. The third kappa shape index (κ3) is 8.42. The molecule has 1 heterocycles. The number of nitrogens with two attached hydrogens (primary N) is 1. The Morgan fingerprint density at radius 3 is 2.07 bits per heavy atom. The molecule has 1 aliphatic heterocycles. The van der Waals surface area contributed by atoms with Gasteiger partial charge in [-0.25, -0.2) is 4.79 Å². The number of Topliss-reactive ketones (excluding diaryl/α,β-unsaturated/α-hetero) is 1. The standard InChI is InChI=1S/C30H51N5O6/c1-18(2)20-12-15-35(22(20)26(39)32-21(16-19-10-11-19)23(37)25(31)38)27(40)24(29(3,4)5)33-28(41)34-30(17-36)13-8-6-7-9-14-30/h18-22,24,36H,6-17H2,1-5H3,(H2,31,38)(H,32,39)(H2,33,34,41)/t20?,21?,22-,24+/m0/s1. The van der Waals surface area contributed by atoms with E-state index in [0.29, 0.717) is 32.2 Å². The monoisotopic (exact) mass is 577 g/mol. The van der Waals surface area contributed by atoms with Gasteiger partial charge in [0.05, 0.1) is 18.2 Å². The number of hydrogen-bond acceptors (Lipinski definition) is 6. The number of aliphatic hydroxyl groups excluding tert-OH is 1. The van der Waals surface area contributed by atoms with Crippen molar-refractivity contribution in [2.45, 2.75) is 122 Å². The summed E-state index contributed by atoms with van der Waals surface area (Å²) < 4.78 is 0. The average Bonchev–Trinajstić information content (AvgIpc) is 3.65. The van der Waals surface area contributed by atoms with Gasteiger partial charge in [0.1, 0.15) is 12.1 Å². The van der Waals surface area contributed by atoms with Crippen molar-refractivity contribution in [2.24, 2.45) is 28.9 Å². The van der Waals surface area contributed by atoms with E-state index in [2.05, 4.69) is 16.0 Å². The van der Waals surface area contributed by atoms with Gasteiger partial charge in [-0.15, -0.1) is 0 Å². The number of rotatable bonds is 11. The molecule has 0 spiro atoms. The number of primary amides is 1. The van der Waals surface area contributed by atoms with Crippen LogP contribution < -0.4 is 21.7 Å². The molecule has 2 unspecified atom stereocenters. The van der Waals surface area contributed by atoms with Gasteiger partial charge in [-0.2, -0.15) is 0 Å². The molecule has 6 N–H and O–H groups in total. The zero-order chi connectivity index (χ0) is 30.5. The summed E-state index contributed by atoms with van der Waals surface area (Å²) in [6.45, 7) is 9.69. The normalized spacial score (nSPS) is 24.2. The molecule has 2 saturated carbocycles. The minimum atomic E-state index is -1.09. The van der Waals surface area contributed by atoms with Crippen LogP contribution in [0.4, 0.5) is 4.79 Å². The molecular formula is C30H51N5O6. The second-order valence-electron chi connectivity index (χ2n) is 13.9. The zero-order valence-corrected chi connectivity index (χ0v) is 25.5. The summed E-state index contributed by atoms with van der Waals surface area (Å²) in [7, 11) is 0. The Kier molecular flexibility index (Phi) is 10.8. The molecule has 11 nitrogen and oxygen atoms in total. The van der Waals surface area contributed by atoms with E-state index in [1.807, 2.05) is 34.6 Å². The first kappa shape index (κ1) is 32.8. The second-order valence-corrected chi connectivity index (χ2v) is 13.9. The Hall–Kier alpha value is -2.69. The first-order valence-electron chi connectivity index (χ1n) is 15.3. The third-order valence-electron chi connectivity index (χ3n) is 9.12. The lowest BCUT2D eigenvalue weighted by Crippen LogP contribution is -2.63. The molecule has 41 heavy (non-hydrogen) atoms. The quantitative estimate of drug-likeness (QED) is 0.186. The highest BCUT2D eigenvalue weighted by molar-refractivity contribution is 6.37. The van der Waals surface area contributed by atoms with E-state index in [1.165, 1.54) is 4.90 Å². The van der Waals surface area contributed by atoms with Crippen LogP contribution in [-0.2, 0) is 19.2 Å². The van der Waals surface area contributed by atoms with Crippen LogP contribution in [-0.4, -0.2) is 76.4 Å². The number of hydrogen-bond donors (Lipinski definition) is 5. The van der Waals surface area contributed by atoms with Crippen LogP contribution in [0.5, 0.6) is 0 Å². The lowest BCUT2D eigenvalue weighted by molar-refractivity contribution is -0.144. The molecule has 1 saturated heterocycles. The first-order valence-corrected chi connectivity index (χ1v) is 15.3. The van der Waals surface area contributed by atoms with Gasteiger partial charge in [-0.1, -0.05) is 73.1 Å². The van der Waals surface area contributed by atoms with Crippen molar-refractivity contribution >= 4 is 29.5 Å². The van der Waals surface area contributed by atoms with Gasteiger partial charge >= 0.3 is 6.03 Å². The molecule has 0 bridgehead atoms. The molecule has 5 amide bonds. The number of carbonyl (C=O) groups excluding carboxylic acids is 5. The summed E-state index contributed by atoms with van der Waals surface area (Å²) >= 11 is 0. The number of aliphatic hydroxyl groups is 1. The van der Waals surface area contributed by atoms with Crippen LogP contribution in [0.15, 0.2) is 0 Å². The maximum absolute atomic E-state index is 14.1. The van der Waals surface area contributed by atoms with Crippen molar-refractivity contribution in [1.82, 2.24) is 20.9 Å². The van der Waals surface area contributed by atoms with Gasteiger partial charge in [0.2, 0.25) is 17.6 Å². The minimum absolute atomic E-state index is 0.0706. The average molecular weight is 578 g/mol. The van der Waals surface area contributed by atoms with Gasteiger partial charge in [0.25, 0.3) is 5.91 Å². The molecule has 2 aliphatic carbocycles. The molecule has 0 aromatic rings. The molecule has 3 aliphatic rings. The Labute approximate surface area is 244 Å². The van der Waals surface area contributed by atoms with Gasteiger partial charge in [-0.3, -0.25) is 19.2 Å². The summed E-state index contributed by atoms with van der Waals surface area (Å²) in [5.74, 6) is -2.62. The van der Waals surface area contributed by atoms with Gasteiger partial charge in [0, 0.05) is 6.54 Å². The predicted octanol–water partition coefficient (Wildman–Crippen LogP) is 2.00. The number of likely N-dealkylation sites (tertiary alicyclic amines) is 1. The van der Waals surface area contributed by atoms with Gasteiger partial charge in [-0.05, 0) is 48.9 Å². The van der Waals surface area contributed by atoms with E-state index in [0.717, 1.165) is 38.5 Å². The summed E-state index contributed by atoms with van der Waals surface area (Å²) in [4.78, 5) is 66.9. The van der Waals surface area contributed by atoms with Gasteiger partial charge in [0.15, 0.2) is 0 Å². The molecular weight excluding hydrogens is 526 g/mol. The Morgan fingerprint density at radius 1 is 0.976 bits per heavy atom. The Bertz CT molecular complexity index is 980. The molecule has 232 valence electrons. The van der Waals surface area contributed by atoms with Crippen molar-refractivity contribution in [2.75, 3.05) is 13.2 Å². The number of ketones is 1. The molecule has 0 radical (unpaired) electrons. The Balaban J connectivity index is 1.81. The molecule has 0 aromatic carbocycles. The molecule has 4 atom stereocenters. The topological polar surface area (TPSA) is 171 Å². The lowest BCUT2D eigenvalue weighted by Gasteiger charge is -2.38. The van der Waals surface area contributed by atoms with E-state index in [9.17, 15) is 29.1 Å². The van der Waals surface area contributed by atoms with Crippen molar-refractivity contribution in [1.29, 1.82) is 0 Å². The second kappa shape index (κ2) is 13.5. The van der Waals surface area contributed by atoms with Crippen molar-refractivity contribution < 1.29 is 29.1 Å². The van der Waals surface area contributed by atoms with Crippen LogP contribution in [0.1, 0.15) is 98.8 Å². The number of amides is 5. The zero-order valence-electron chi connectivity index (χ0n) is 25.5. The predicted molar refractivity (Wildman–Crippen MR) is 154 cm³/mol. The van der Waals surface area contributed by atoms with Crippen molar-refractivity contribution in [3.63, 3.8) is 0 Å². The van der Waals surface area contributed by atoms with Crippen LogP contribution in [0.2, 0.25) is 0 Å². The van der Waals surface area contributed by atoms with Crippen LogP contribution in [0, 0.1) is 23.2 Å². The van der Waals surface area contributed by atoms with E-state index in [4.69, 9.17) is 5.73 Å². The van der Waals surface area contributed by atoms with Crippen LogP contribution in [0.25, 0.3) is 0 Å². The Morgan fingerprint density at radius 2 is 1.59 bits per heavy atom. The highest BCUT2D eigenvalue weighted by Crippen LogP contribution is 2.36. The largest absolute Gasteiger partial charge is 0.394 e. The first-order chi connectivity index (χ1) is 19.2. The summed E-state index contributed by atoms with van der Waals surface area (Å²) in [5.41, 5.74) is 3.87. The third-order valence-corrected chi connectivity index (χ3v) is 9.12. The van der Waals surface area contributed by atoms with E-state index < -0.39 is 52.7 Å². The van der Waals surface area contributed by atoms with E-state index >= 15 is 0 Å². The highest BCUT2D eigenvalue weighted by atomic mass is 16.3. The SMILES string of the molecule is CC(C)C1CCN(C(=O)[C@@H](NC(=O)NC2(CO)CCCCCC2)C(C)(C)C)[C@@H]1C(=O)NC(CC1CC1)C(=O)C(N)=O. The number of nitrogens with zero attached hydrogens (tertiary/aromatic N) is 1. The number of urea groups is 1. The number of nitrogens with one attached hydrogen (secondary N) is 3. The van der Waals surface area contributed by atoms with Crippen molar-refractivity contribution in [3.8, 4) is 0 Å². The summed E-state index contributed by atoms with van der Waals surface area (Å²) in [5, 5.41) is 18.8. The fourth-order valence-electron chi connectivity index (χ4n) is 6.40. The van der Waals surface area contributed by atoms with Crippen molar-refractivity contribution in [3.05, 3.63) is 0 Å². The lowest BCUT2D eigenvalue weighted by atomic mass is 9.84. The molecule has 0 aromatic heterocycles. The maximum Gasteiger partial charge on any atom is 0.315 e. The molecule has 3 rings (SSSR count). The van der Waals surface area contributed by atoms with Gasteiger partial charge < -0.3 is 31.7 Å². The van der Waals surface area contributed by atoms with E-state index in [1.54, 1.807) is 0 Å². The number of carbonyl (C=O) groups is 5. The van der Waals surface area contributed by atoms with E-state index in [-0.39, 0.29) is 30.3 Å². The molecule has 11 heteroatoms. The highest BCUT2D eigenvalue weighted by Gasteiger charge is 2.48. The van der Waals surface area contributed by atoms with Crippen LogP contribution >= 0.6 is 0 Å². The summed E-state index contributed by atoms with van der Waals surface area (Å²) in [6.07, 6.45) is 8.05.